The Balaban J connectivity index is 1.77. The van der Waals surface area contributed by atoms with Gasteiger partial charge in [-0.25, -0.2) is 0 Å². The van der Waals surface area contributed by atoms with Gasteiger partial charge in [0.1, 0.15) is 0 Å². The number of carbonyl (C=O) groups is 1. The summed E-state index contributed by atoms with van der Waals surface area (Å²) in [6, 6.07) is 0.406. The fourth-order valence-electron chi connectivity index (χ4n) is 3.67. The first kappa shape index (κ1) is 15.8. The van der Waals surface area contributed by atoms with E-state index < -0.39 is 0 Å². The number of rotatable bonds is 4. The van der Waals surface area contributed by atoms with Crippen molar-refractivity contribution in [3.05, 3.63) is 0 Å². The molecule has 2 aliphatic rings. The van der Waals surface area contributed by atoms with E-state index in [1.807, 2.05) is 0 Å². The van der Waals surface area contributed by atoms with Crippen LogP contribution in [-0.4, -0.2) is 42.5 Å². The first-order chi connectivity index (χ1) is 9.61. The summed E-state index contributed by atoms with van der Waals surface area (Å²) in [6.45, 7) is 7.82. The third kappa shape index (κ3) is 3.95. The first-order valence-electron chi connectivity index (χ1n) is 8.40. The Kier molecular flexibility index (Phi) is 5.85. The maximum absolute atomic E-state index is 12.4. The first-order valence-corrected chi connectivity index (χ1v) is 8.40. The van der Waals surface area contributed by atoms with Gasteiger partial charge in [0.2, 0.25) is 5.91 Å². The molecule has 1 saturated heterocycles. The minimum absolute atomic E-state index is 0.0346. The predicted octanol–water partition coefficient (Wildman–Crippen LogP) is 1.74. The molecule has 3 atom stereocenters. The van der Waals surface area contributed by atoms with Crippen LogP contribution in [0.3, 0.4) is 0 Å². The molecule has 1 heterocycles. The highest BCUT2D eigenvalue weighted by atomic mass is 16.2. The van der Waals surface area contributed by atoms with Crippen LogP contribution in [-0.2, 0) is 4.79 Å². The number of piperidine rings is 1. The molecule has 4 heteroatoms. The summed E-state index contributed by atoms with van der Waals surface area (Å²) >= 11 is 0. The van der Waals surface area contributed by atoms with E-state index in [1.165, 1.54) is 19.4 Å². The molecule has 4 nitrogen and oxygen atoms in total. The standard InChI is InChI=1S/C16H31N3O/c1-3-9-19-10-7-13(8-11-19)18-16(20)14-6-4-5-12(2)15(14)17/h12-15H,3-11,17H2,1-2H3,(H,18,20). The average molecular weight is 281 g/mol. The molecule has 0 spiro atoms. The molecule has 2 fully saturated rings. The van der Waals surface area contributed by atoms with Crippen LogP contribution in [0, 0.1) is 11.8 Å². The molecule has 20 heavy (non-hydrogen) atoms. The van der Waals surface area contributed by atoms with Crippen LogP contribution in [0.4, 0.5) is 0 Å². The third-order valence-corrected chi connectivity index (χ3v) is 5.11. The molecule has 0 aromatic heterocycles. The lowest BCUT2D eigenvalue weighted by atomic mass is 9.77. The molecule has 1 amide bonds. The average Bonchev–Trinajstić information content (AvgIpc) is 2.44. The Morgan fingerprint density at radius 3 is 2.60 bits per heavy atom. The van der Waals surface area contributed by atoms with Gasteiger partial charge in [0.25, 0.3) is 0 Å². The van der Waals surface area contributed by atoms with Crippen LogP contribution in [0.15, 0.2) is 0 Å². The van der Waals surface area contributed by atoms with E-state index >= 15 is 0 Å². The van der Waals surface area contributed by atoms with E-state index in [-0.39, 0.29) is 17.9 Å². The monoisotopic (exact) mass is 281 g/mol. The number of carbonyl (C=O) groups excluding carboxylic acids is 1. The van der Waals surface area contributed by atoms with Gasteiger partial charge in [-0.15, -0.1) is 0 Å². The minimum Gasteiger partial charge on any atom is -0.353 e. The van der Waals surface area contributed by atoms with Crippen molar-refractivity contribution in [2.24, 2.45) is 17.6 Å². The number of nitrogens with zero attached hydrogens (tertiary/aromatic N) is 1. The highest BCUT2D eigenvalue weighted by Crippen LogP contribution is 2.28. The summed E-state index contributed by atoms with van der Waals surface area (Å²) in [6.07, 6.45) is 6.66. The number of likely N-dealkylation sites (tertiary alicyclic amines) is 1. The molecule has 1 saturated carbocycles. The molecule has 2 rings (SSSR count). The normalized spacial score (nSPS) is 33.0. The van der Waals surface area contributed by atoms with Crippen molar-refractivity contribution in [2.75, 3.05) is 19.6 Å². The second-order valence-corrected chi connectivity index (χ2v) is 6.72. The quantitative estimate of drug-likeness (QED) is 0.825. The molecule has 3 N–H and O–H groups in total. The van der Waals surface area contributed by atoms with Crippen molar-refractivity contribution < 1.29 is 4.79 Å². The van der Waals surface area contributed by atoms with Gasteiger partial charge in [-0.2, -0.15) is 0 Å². The van der Waals surface area contributed by atoms with E-state index in [2.05, 4.69) is 24.1 Å². The minimum atomic E-state index is 0.0346. The topological polar surface area (TPSA) is 58.4 Å². The smallest absolute Gasteiger partial charge is 0.224 e. The van der Waals surface area contributed by atoms with Gasteiger partial charge in [0, 0.05) is 25.2 Å². The van der Waals surface area contributed by atoms with E-state index in [4.69, 9.17) is 5.73 Å². The summed E-state index contributed by atoms with van der Waals surface area (Å²) in [7, 11) is 0. The summed E-state index contributed by atoms with van der Waals surface area (Å²) in [5.41, 5.74) is 6.22. The van der Waals surface area contributed by atoms with Gasteiger partial charge < -0.3 is 16.0 Å². The maximum Gasteiger partial charge on any atom is 0.224 e. The Morgan fingerprint density at radius 2 is 1.95 bits per heavy atom. The van der Waals surface area contributed by atoms with Crippen LogP contribution < -0.4 is 11.1 Å². The number of hydrogen-bond donors (Lipinski definition) is 2. The Morgan fingerprint density at radius 1 is 1.25 bits per heavy atom. The lowest BCUT2D eigenvalue weighted by Gasteiger charge is -2.36. The van der Waals surface area contributed by atoms with Crippen molar-refractivity contribution >= 4 is 5.91 Å². The molecule has 1 aliphatic heterocycles. The van der Waals surface area contributed by atoms with Crippen molar-refractivity contribution in [1.29, 1.82) is 0 Å². The number of nitrogens with one attached hydrogen (secondary N) is 1. The second kappa shape index (κ2) is 7.41. The second-order valence-electron chi connectivity index (χ2n) is 6.72. The summed E-state index contributed by atoms with van der Waals surface area (Å²) in [5, 5.41) is 3.26. The zero-order valence-corrected chi connectivity index (χ0v) is 13.1. The van der Waals surface area contributed by atoms with Crippen LogP contribution in [0.2, 0.25) is 0 Å². The number of hydrogen-bond acceptors (Lipinski definition) is 3. The van der Waals surface area contributed by atoms with E-state index in [9.17, 15) is 4.79 Å². The molecule has 3 unspecified atom stereocenters. The molecule has 0 radical (unpaired) electrons. The summed E-state index contributed by atoms with van der Waals surface area (Å²) in [5.74, 6) is 0.719. The Labute approximate surface area is 123 Å². The highest BCUT2D eigenvalue weighted by Gasteiger charge is 2.33. The van der Waals surface area contributed by atoms with Crippen LogP contribution in [0.25, 0.3) is 0 Å². The molecular formula is C16H31N3O. The molecule has 0 aromatic carbocycles. The van der Waals surface area contributed by atoms with Crippen molar-refractivity contribution in [3.63, 3.8) is 0 Å². The zero-order chi connectivity index (χ0) is 14.5. The van der Waals surface area contributed by atoms with Crippen LogP contribution in [0.5, 0.6) is 0 Å². The van der Waals surface area contributed by atoms with Crippen molar-refractivity contribution in [1.82, 2.24) is 10.2 Å². The highest BCUT2D eigenvalue weighted by molar-refractivity contribution is 5.79. The molecule has 0 aromatic rings. The van der Waals surface area contributed by atoms with Crippen molar-refractivity contribution in [2.45, 2.75) is 64.5 Å². The molecule has 1 aliphatic carbocycles. The van der Waals surface area contributed by atoms with E-state index in [0.717, 1.165) is 38.8 Å². The fourth-order valence-corrected chi connectivity index (χ4v) is 3.67. The zero-order valence-electron chi connectivity index (χ0n) is 13.1. The fraction of sp³-hybridized carbons (Fsp3) is 0.938. The lowest BCUT2D eigenvalue weighted by molar-refractivity contribution is -0.128. The van der Waals surface area contributed by atoms with Gasteiger partial charge in [-0.05, 0) is 44.6 Å². The van der Waals surface area contributed by atoms with Crippen molar-refractivity contribution in [3.8, 4) is 0 Å². The van der Waals surface area contributed by atoms with Gasteiger partial charge in [0.05, 0.1) is 5.92 Å². The SMILES string of the molecule is CCCN1CCC(NC(=O)C2CCCC(C)C2N)CC1. The largest absolute Gasteiger partial charge is 0.353 e. The van der Waals surface area contributed by atoms with Gasteiger partial charge in [0.15, 0.2) is 0 Å². The molecular weight excluding hydrogens is 250 g/mol. The van der Waals surface area contributed by atoms with Crippen LogP contribution in [0.1, 0.15) is 52.4 Å². The third-order valence-electron chi connectivity index (χ3n) is 5.11. The Bertz CT molecular complexity index is 313. The van der Waals surface area contributed by atoms with Gasteiger partial charge in [-0.1, -0.05) is 20.3 Å². The van der Waals surface area contributed by atoms with E-state index in [0.29, 0.717) is 12.0 Å². The van der Waals surface area contributed by atoms with E-state index in [1.54, 1.807) is 0 Å². The number of nitrogens with two attached hydrogens (primary N) is 1. The summed E-state index contributed by atoms with van der Waals surface area (Å²) in [4.78, 5) is 14.9. The lowest BCUT2D eigenvalue weighted by Crippen LogP contribution is -2.51. The van der Waals surface area contributed by atoms with Crippen LogP contribution >= 0.6 is 0 Å². The van der Waals surface area contributed by atoms with Gasteiger partial charge in [-0.3, -0.25) is 4.79 Å². The summed E-state index contributed by atoms with van der Waals surface area (Å²) < 4.78 is 0. The van der Waals surface area contributed by atoms with Gasteiger partial charge >= 0.3 is 0 Å². The number of amides is 1. The predicted molar refractivity (Wildman–Crippen MR) is 82.4 cm³/mol. The maximum atomic E-state index is 12.4. The Hall–Kier alpha value is -0.610. The molecule has 0 bridgehead atoms. The molecule has 116 valence electrons.